The number of urea groups is 1. The Morgan fingerprint density at radius 3 is 2.23 bits per heavy atom. The van der Waals surface area contributed by atoms with Crippen molar-refractivity contribution in [2.45, 2.75) is 33.3 Å². The number of halogens is 1. The first-order chi connectivity index (χ1) is 14.6. The van der Waals surface area contributed by atoms with E-state index in [1.807, 2.05) is 58.0 Å². The highest BCUT2D eigenvalue weighted by Gasteiger charge is 2.25. The largest absolute Gasteiger partial charge is 0.444 e. The van der Waals surface area contributed by atoms with Gasteiger partial charge in [-0.3, -0.25) is 0 Å². The Kier molecular flexibility index (Phi) is 6.95. The maximum absolute atomic E-state index is 12.3. The molecule has 2 N–H and O–H groups in total. The van der Waals surface area contributed by atoms with E-state index < -0.39 is 5.60 Å². The highest BCUT2D eigenvalue weighted by molar-refractivity contribution is 6.31. The molecule has 1 aliphatic heterocycles. The number of piperazine rings is 1. The van der Waals surface area contributed by atoms with E-state index in [4.69, 9.17) is 16.3 Å². The van der Waals surface area contributed by atoms with Crippen molar-refractivity contribution >= 4 is 40.8 Å². The van der Waals surface area contributed by atoms with E-state index in [2.05, 4.69) is 15.5 Å². The first kappa shape index (κ1) is 22.7. The molecule has 166 valence electrons. The number of aryl methyl sites for hydroxylation is 1. The van der Waals surface area contributed by atoms with Crippen molar-refractivity contribution in [3.8, 4) is 0 Å². The number of benzene rings is 2. The van der Waals surface area contributed by atoms with Gasteiger partial charge in [-0.15, -0.1) is 0 Å². The van der Waals surface area contributed by atoms with Gasteiger partial charge in [0.05, 0.1) is 0 Å². The van der Waals surface area contributed by atoms with Gasteiger partial charge in [-0.05, 0) is 69.7 Å². The van der Waals surface area contributed by atoms with Gasteiger partial charge in [-0.1, -0.05) is 17.7 Å². The van der Waals surface area contributed by atoms with Gasteiger partial charge in [0.1, 0.15) is 5.60 Å². The molecular weight excluding hydrogens is 416 g/mol. The first-order valence-corrected chi connectivity index (χ1v) is 10.7. The number of carbonyl (C=O) groups excluding carboxylic acids is 2. The molecule has 0 atom stereocenters. The molecule has 0 spiro atoms. The molecule has 3 rings (SSSR count). The zero-order valence-corrected chi connectivity index (χ0v) is 19.1. The van der Waals surface area contributed by atoms with Gasteiger partial charge in [0.15, 0.2) is 0 Å². The fourth-order valence-electron chi connectivity index (χ4n) is 3.24. The van der Waals surface area contributed by atoms with Crippen molar-refractivity contribution in [3.63, 3.8) is 0 Å². The fourth-order valence-corrected chi connectivity index (χ4v) is 3.41. The summed E-state index contributed by atoms with van der Waals surface area (Å²) in [4.78, 5) is 28.5. The summed E-state index contributed by atoms with van der Waals surface area (Å²) in [6.45, 7) is 10.2. The van der Waals surface area contributed by atoms with Gasteiger partial charge < -0.3 is 25.2 Å². The lowest BCUT2D eigenvalue weighted by Gasteiger charge is -2.36. The van der Waals surface area contributed by atoms with Gasteiger partial charge in [0.2, 0.25) is 0 Å². The number of ether oxygens (including phenoxy) is 1. The van der Waals surface area contributed by atoms with E-state index in [1.54, 1.807) is 17.0 Å². The second-order valence-corrected chi connectivity index (χ2v) is 8.98. The van der Waals surface area contributed by atoms with Crippen LogP contribution in [-0.2, 0) is 4.74 Å². The molecule has 3 amide bonds. The van der Waals surface area contributed by atoms with Crippen LogP contribution in [0.3, 0.4) is 0 Å². The summed E-state index contributed by atoms with van der Waals surface area (Å²) in [7, 11) is 0. The highest BCUT2D eigenvalue weighted by atomic mass is 35.5. The Balaban J connectivity index is 1.52. The molecule has 1 fully saturated rings. The van der Waals surface area contributed by atoms with Crippen LogP contribution in [0.1, 0.15) is 26.3 Å². The Morgan fingerprint density at radius 1 is 0.968 bits per heavy atom. The van der Waals surface area contributed by atoms with E-state index in [0.29, 0.717) is 29.5 Å². The van der Waals surface area contributed by atoms with Crippen LogP contribution in [0.5, 0.6) is 0 Å². The smallest absolute Gasteiger partial charge is 0.410 e. The molecule has 1 heterocycles. The molecule has 0 aliphatic carbocycles. The van der Waals surface area contributed by atoms with E-state index in [1.165, 1.54) is 0 Å². The average molecular weight is 445 g/mol. The molecule has 7 nitrogen and oxygen atoms in total. The summed E-state index contributed by atoms with van der Waals surface area (Å²) in [5.74, 6) is 0. The quantitative estimate of drug-likeness (QED) is 0.669. The van der Waals surface area contributed by atoms with Crippen LogP contribution in [0, 0.1) is 6.92 Å². The van der Waals surface area contributed by atoms with Crippen molar-refractivity contribution in [2.75, 3.05) is 41.7 Å². The minimum absolute atomic E-state index is 0.271. The minimum atomic E-state index is -0.491. The zero-order chi connectivity index (χ0) is 22.6. The molecule has 0 saturated carbocycles. The van der Waals surface area contributed by atoms with Crippen LogP contribution in [0.15, 0.2) is 42.5 Å². The first-order valence-electron chi connectivity index (χ1n) is 10.3. The minimum Gasteiger partial charge on any atom is -0.444 e. The molecule has 1 aliphatic rings. The maximum Gasteiger partial charge on any atom is 0.410 e. The lowest BCUT2D eigenvalue weighted by molar-refractivity contribution is 0.0240. The van der Waals surface area contributed by atoms with Crippen LogP contribution >= 0.6 is 11.6 Å². The SMILES string of the molecule is Cc1ccc(Cl)cc1NC(=O)Nc1ccc(N2CCN(C(=O)OC(C)(C)C)CC2)cc1. The molecule has 0 unspecified atom stereocenters. The highest BCUT2D eigenvalue weighted by Crippen LogP contribution is 2.22. The molecule has 31 heavy (non-hydrogen) atoms. The third-order valence-electron chi connectivity index (χ3n) is 4.87. The summed E-state index contributed by atoms with van der Waals surface area (Å²) >= 11 is 6.00. The summed E-state index contributed by atoms with van der Waals surface area (Å²) in [6, 6.07) is 12.7. The molecular formula is C23H29ClN4O3. The van der Waals surface area contributed by atoms with Crippen molar-refractivity contribution < 1.29 is 14.3 Å². The molecule has 0 bridgehead atoms. The van der Waals surface area contributed by atoms with Gasteiger partial charge >= 0.3 is 12.1 Å². The van der Waals surface area contributed by atoms with Crippen LogP contribution in [-0.4, -0.2) is 48.8 Å². The molecule has 1 saturated heterocycles. The number of anilines is 3. The monoisotopic (exact) mass is 444 g/mol. The molecule has 2 aromatic rings. The topological polar surface area (TPSA) is 73.9 Å². The van der Waals surface area contributed by atoms with E-state index in [0.717, 1.165) is 24.3 Å². The Bertz CT molecular complexity index is 933. The normalized spacial score (nSPS) is 14.2. The number of carbonyl (C=O) groups is 2. The standard InChI is InChI=1S/C23H29ClN4O3/c1-16-5-6-17(24)15-20(16)26-21(29)25-18-7-9-19(10-8-18)27-11-13-28(14-12-27)22(30)31-23(2,3)4/h5-10,15H,11-14H2,1-4H3,(H2,25,26,29). The van der Waals surface area contributed by atoms with E-state index >= 15 is 0 Å². The third-order valence-corrected chi connectivity index (χ3v) is 5.10. The van der Waals surface area contributed by atoms with Crippen molar-refractivity contribution in [3.05, 3.63) is 53.1 Å². The number of hydrogen-bond donors (Lipinski definition) is 2. The zero-order valence-electron chi connectivity index (χ0n) is 18.4. The number of nitrogens with zero attached hydrogens (tertiary/aromatic N) is 2. The lowest BCUT2D eigenvalue weighted by atomic mass is 10.2. The predicted molar refractivity (Wildman–Crippen MR) is 125 cm³/mol. The van der Waals surface area contributed by atoms with Crippen LogP contribution < -0.4 is 15.5 Å². The average Bonchev–Trinajstić information content (AvgIpc) is 2.70. The second-order valence-electron chi connectivity index (χ2n) is 8.54. The van der Waals surface area contributed by atoms with Crippen LogP contribution in [0.25, 0.3) is 0 Å². The van der Waals surface area contributed by atoms with E-state index in [9.17, 15) is 9.59 Å². The second kappa shape index (κ2) is 9.47. The van der Waals surface area contributed by atoms with Crippen LogP contribution in [0.4, 0.5) is 26.7 Å². The number of amides is 3. The maximum atomic E-state index is 12.3. The number of nitrogens with one attached hydrogen (secondary N) is 2. The predicted octanol–water partition coefficient (Wildman–Crippen LogP) is 5.35. The summed E-state index contributed by atoms with van der Waals surface area (Å²) < 4.78 is 5.44. The van der Waals surface area contributed by atoms with Crippen molar-refractivity contribution in [1.82, 2.24) is 4.90 Å². The van der Waals surface area contributed by atoms with E-state index in [-0.39, 0.29) is 12.1 Å². The number of hydrogen-bond acceptors (Lipinski definition) is 4. The Labute approximate surface area is 188 Å². The summed E-state index contributed by atoms with van der Waals surface area (Å²) in [5, 5.41) is 6.21. The van der Waals surface area contributed by atoms with Gasteiger partial charge in [0.25, 0.3) is 0 Å². The fraction of sp³-hybridized carbons (Fsp3) is 0.391. The van der Waals surface area contributed by atoms with Gasteiger partial charge in [-0.2, -0.15) is 0 Å². The third kappa shape index (κ3) is 6.52. The molecule has 0 aromatic heterocycles. The number of rotatable bonds is 3. The lowest BCUT2D eigenvalue weighted by Crippen LogP contribution is -2.50. The Morgan fingerprint density at radius 2 is 1.61 bits per heavy atom. The van der Waals surface area contributed by atoms with Crippen molar-refractivity contribution in [1.29, 1.82) is 0 Å². The Hall–Kier alpha value is -2.93. The molecule has 8 heteroatoms. The van der Waals surface area contributed by atoms with Gasteiger partial charge in [0, 0.05) is 48.3 Å². The molecule has 0 radical (unpaired) electrons. The summed E-state index contributed by atoms with van der Waals surface area (Å²) in [5.41, 5.74) is 2.84. The molecule has 2 aromatic carbocycles. The summed E-state index contributed by atoms with van der Waals surface area (Å²) in [6.07, 6.45) is -0.271. The van der Waals surface area contributed by atoms with Crippen molar-refractivity contribution in [2.24, 2.45) is 0 Å². The van der Waals surface area contributed by atoms with Gasteiger partial charge in [-0.25, -0.2) is 9.59 Å². The van der Waals surface area contributed by atoms with Crippen LogP contribution in [0.2, 0.25) is 5.02 Å².